The van der Waals surface area contributed by atoms with E-state index in [1.807, 2.05) is 0 Å². The van der Waals surface area contributed by atoms with Crippen LogP contribution in [0.2, 0.25) is 0 Å². The lowest BCUT2D eigenvalue weighted by atomic mass is 10.1. The molecule has 2 atom stereocenters. The molecule has 0 saturated heterocycles. The molecule has 17 heavy (non-hydrogen) atoms. The molecule has 1 aromatic rings. The SMILES string of the molecule is N#CC1CCCC1NCc1cc(F)cc(F)c1. The third kappa shape index (κ3) is 3.01. The minimum atomic E-state index is -0.565. The fourth-order valence-electron chi connectivity index (χ4n) is 2.32. The monoisotopic (exact) mass is 236 g/mol. The highest BCUT2D eigenvalue weighted by molar-refractivity contribution is 5.18. The average Bonchev–Trinajstić information content (AvgIpc) is 2.72. The van der Waals surface area contributed by atoms with E-state index in [1.54, 1.807) is 0 Å². The minimum absolute atomic E-state index is 0.0217. The molecule has 0 aromatic heterocycles. The maximum atomic E-state index is 13.0. The van der Waals surface area contributed by atoms with Gasteiger partial charge in [-0.15, -0.1) is 0 Å². The van der Waals surface area contributed by atoms with E-state index >= 15 is 0 Å². The Morgan fingerprint density at radius 3 is 2.59 bits per heavy atom. The Balaban J connectivity index is 1.96. The van der Waals surface area contributed by atoms with Crippen LogP contribution in [0.15, 0.2) is 18.2 Å². The molecule has 4 heteroatoms. The van der Waals surface area contributed by atoms with E-state index in [4.69, 9.17) is 5.26 Å². The van der Waals surface area contributed by atoms with E-state index in [2.05, 4.69) is 11.4 Å². The van der Waals surface area contributed by atoms with E-state index in [0.717, 1.165) is 25.3 Å². The van der Waals surface area contributed by atoms with Gasteiger partial charge < -0.3 is 5.32 Å². The van der Waals surface area contributed by atoms with Gasteiger partial charge in [0.15, 0.2) is 0 Å². The highest BCUT2D eigenvalue weighted by atomic mass is 19.1. The highest BCUT2D eigenvalue weighted by Gasteiger charge is 2.26. The molecule has 1 aromatic carbocycles. The fraction of sp³-hybridized carbons (Fsp3) is 0.462. The number of halogens is 2. The second-order valence-corrected chi connectivity index (χ2v) is 4.43. The third-order valence-corrected chi connectivity index (χ3v) is 3.17. The predicted molar refractivity (Wildman–Crippen MR) is 59.9 cm³/mol. The molecule has 0 aliphatic heterocycles. The number of nitriles is 1. The summed E-state index contributed by atoms with van der Waals surface area (Å²) in [4.78, 5) is 0. The van der Waals surface area contributed by atoms with Crippen LogP contribution in [-0.4, -0.2) is 6.04 Å². The molecular formula is C13H14F2N2. The van der Waals surface area contributed by atoms with Crippen molar-refractivity contribution < 1.29 is 8.78 Å². The van der Waals surface area contributed by atoms with Gasteiger partial charge in [-0.05, 0) is 30.5 Å². The summed E-state index contributed by atoms with van der Waals surface area (Å²) in [6.45, 7) is 0.400. The van der Waals surface area contributed by atoms with E-state index in [-0.39, 0.29) is 12.0 Å². The number of benzene rings is 1. The molecule has 0 amide bonds. The zero-order chi connectivity index (χ0) is 12.3. The summed E-state index contributed by atoms with van der Waals surface area (Å²) in [5.41, 5.74) is 0.575. The van der Waals surface area contributed by atoms with E-state index in [0.29, 0.717) is 12.1 Å². The molecule has 1 aliphatic carbocycles. The van der Waals surface area contributed by atoms with Crippen molar-refractivity contribution in [1.82, 2.24) is 5.32 Å². The first-order chi connectivity index (χ1) is 8.19. The van der Waals surface area contributed by atoms with Crippen molar-refractivity contribution in [3.8, 4) is 6.07 Å². The number of hydrogen-bond acceptors (Lipinski definition) is 2. The molecule has 1 N–H and O–H groups in total. The van der Waals surface area contributed by atoms with Crippen molar-refractivity contribution in [1.29, 1.82) is 5.26 Å². The first-order valence-electron chi connectivity index (χ1n) is 5.77. The molecule has 1 saturated carbocycles. The average molecular weight is 236 g/mol. The summed E-state index contributed by atoms with van der Waals surface area (Å²) in [5.74, 6) is -1.11. The van der Waals surface area contributed by atoms with Gasteiger partial charge >= 0.3 is 0 Å². The third-order valence-electron chi connectivity index (χ3n) is 3.17. The quantitative estimate of drug-likeness (QED) is 0.875. The van der Waals surface area contributed by atoms with Crippen molar-refractivity contribution in [2.75, 3.05) is 0 Å². The topological polar surface area (TPSA) is 35.8 Å². The van der Waals surface area contributed by atoms with Crippen LogP contribution in [0.5, 0.6) is 0 Å². The van der Waals surface area contributed by atoms with Gasteiger partial charge in [0, 0.05) is 18.7 Å². The smallest absolute Gasteiger partial charge is 0.126 e. The molecule has 0 heterocycles. The summed E-state index contributed by atoms with van der Waals surface area (Å²) in [7, 11) is 0. The number of rotatable bonds is 3. The first-order valence-corrected chi connectivity index (χ1v) is 5.77. The Morgan fingerprint density at radius 2 is 1.94 bits per heavy atom. The molecule has 1 fully saturated rings. The second kappa shape index (κ2) is 5.24. The highest BCUT2D eigenvalue weighted by Crippen LogP contribution is 2.25. The molecule has 2 nitrogen and oxygen atoms in total. The van der Waals surface area contributed by atoms with E-state index in [9.17, 15) is 8.78 Å². The van der Waals surface area contributed by atoms with E-state index in [1.165, 1.54) is 12.1 Å². The lowest BCUT2D eigenvalue weighted by Crippen LogP contribution is -2.31. The van der Waals surface area contributed by atoms with Gasteiger partial charge in [0.05, 0.1) is 12.0 Å². The molecular weight excluding hydrogens is 222 g/mol. The van der Waals surface area contributed by atoms with Gasteiger partial charge in [-0.3, -0.25) is 0 Å². The molecule has 90 valence electrons. The van der Waals surface area contributed by atoms with Crippen molar-refractivity contribution in [2.45, 2.75) is 31.8 Å². The van der Waals surface area contributed by atoms with E-state index < -0.39 is 11.6 Å². The maximum Gasteiger partial charge on any atom is 0.126 e. The molecule has 2 rings (SSSR count). The molecule has 0 bridgehead atoms. The maximum absolute atomic E-state index is 13.0. The summed E-state index contributed by atoms with van der Waals surface area (Å²) < 4.78 is 25.9. The Kier molecular flexibility index (Phi) is 3.70. The second-order valence-electron chi connectivity index (χ2n) is 4.43. The van der Waals surface area contributed by atoms with Crippen molar-refractivity contribution in [2.24, 2.45) is 5.92 Å². The standard InChI is InChI=1S/C13H14F2N2/c14-11-4-9(5-12(15)6-11)8-17-13-3-1-2-10(13)7-16/h4-6,10,13,17H,1-3,8H2. The lowest BCUT2D eigenvalue weighted by Gasteiger charge is -2.15. The number of hydrogen-bond donors (Lipinski definition) is 1. The van der Waals surface area contributed by atoms with Crippen LogP contribution in [-0.2, 0) is 6.54 Å². The summed E-state index contributed by atoms with van der Waals surface area (Å²) in [6, 6.07) is 5.89. The lowest BCUT2D eigenvalue weighted by molar-refractivity contribution is 0.462. The fourth-order valence-corrected chi connectivity index (χ4v) is 2.32. The van der Waals surface area contributed by atoms with Crippen LogP contribution >= 0.6 is 0 Å². The van der Waals surface area contributed by atoms with Crippen LogP contribution in [0.25, 0.3) is 0 Å². The molecule has 1 aliphatic rings. The zero-order valence-corrected chi connectivity index (χ0v) is 9.42. The Morgan fingerprint density at radius 1 is 1.24 bits per heavy atom. The minimum Gasteiger partial charge on any atom is -0.309 e. The Hall–Kier alpha value is -1.47. The van der Waals surface area contributed by atoms with Crippen molar-refractivity contribution in [3.63, 3.8) is 0 Å². The van der Waals surface area contributed by atoms with Crippen LogP contribution in [0.1, 0.15) is 24.8 Å². The largest absolute Gasteiger partial charge is 0.309 e. The van der Waals surface area contributed by atoms with Gasteiger partial charge in [-0.1, -0.05) is 6.42 Å². The normalized spacial score (nSPS) is 23.6. The van der Waals surface area contributed by atoms with Crippen molar-refractivity contribution >= 4 is 0 Å². The Labute approximate surface area is 99.3 Å². The van der Waals surface area contributed by atoms with Gasteiger partial charge in [-0.2, -0.15) is 5.26 Å². The molecule has 0 spiro atoms. The van der Waals surface area contributed by atoms with Gasteiger partial charge in [0.25, 0.3) is 0 Å². The van der Waals surface area contributed by atoms with Crippen LogP contribution in [0.3, 0.4) is 0 Å². The van der Waals surface area contributed by atoms with Gasteiger partial charge in [-0.25, -0.2) is 8.78 Å². The van der Waals surface area contributed by atoms with Gasteiger partial charge in [0.2, 0.25) is 0 Å². The number of nitrogens with zero attached hydrogens (tertiary/aromatic N) is 1. The molecule has 2 unspecified atom stereocenters. The molecule has 0 radical (unpaired) electrons. The van der Waals surface area contributed by atoms with Crippen LogP contribution in [0.4, 0.5) is 8.78 Å². The van der Waals surface area contributed by atoms with Crippen LogP contribution < -0.4 is 5.32 Å². The zero-order valence-electron chi connectivity index (χ0n) is 9.42. The Bertz CT molecular complexity index is 419. The van der Waals surface area contributed by atoms with Gasteiger partial charge in [0.1, 0.15) is 11.6 Å². The number of nitrogens with one attached hydrogen (secondary N) is 1. The summed E-state index contributed by atoms with van der Waals surface area (Å²) >= 11 is 0. The van der Waals surface area contributed by atoms with Crippen LogP contribution in [0, 0.1) is 28.9 Å². The van der Waals surface area contributed by atoms with Crippen molar-refractivity contribution in [3.05, 3.63) is 35.4 Å². The summed E-state index contributed by atoms with van der Waals surface area (Å²) in [5, 5.41) is 12.1. The summed E-state index contributed by atoms with van der Waals surface area (Å²) in [6.07, 6.45) is 2.90. The first kappa shape index (κ1) is 12.0. The predicted octanol–water partition coefficient (Wildman–Crippen LogP) is 2.75.